The number of hydrogen-bond acceptors (Lipinski definition) is 10. The zero-order valence-electron chi connectivity index (χ0n) is 30.3. The number of terminal acetylenes is 1. The van der Waals surface area contributed by atoms with Crippen molar-refractivity contribution in [1.82, 2.24) is 35.1 Å². The summed E-state index contributed by atoms with van der Waals surface area (Å²) >= 11 is 0. The molecule has 10 nitrogen and oxygen atoms in total. The van der Waals surface area contributed by atoms with Gasteiger partial charge in [0.05, 0.1) is 22.2 Å². The van der Waals surface area contributed by atoms with Gasteiger partial charge in [-0.2, -0.15) is 28.1 Å². The first-order valence-corrected chi connectivity index (χ1v) is 19.1. The Morgan fingerprint density at radius 3 is 2.71 bits per heavy atom. The van der Waals surface area contributed by atoms with Gasteiger partial charge >= 0.3 is 12.2 Å². The van der Waals surface area contributed by atoms with Crippen LogP contribution in [-0.4, -0.2) is 85.8 Å². The lowest BCUT2D eigenvalue weighted by Gasteiger charge is -2.35. The van der Waals surface area contributed by atoms with Crippen molar-refractivity contribution in [2.75, 3.05) is 31.2 Å². The zero-order chi connectivity index (χ0) is 38.3. The number of aryl methyl sites for hydroxylation is 1. The van der Waals surface area contributed by atoms with Gasteiger partial charge in [-0.1, -0.05) is 30.2 Å². The second kappa shape index (κ2) is 13.2. The van der Waals surface area contributed by atoms with Crippen molar-refractivity contribution in [2.24, 2.45) is 0 Å². The van der Waals surface area contributed by atoms with Crippen LogP contribution in [-0.2, 0) is 12.6 Å². The second-order valence-electron chi connectivity index (χ2n) is 15.6. The molecule has 3 aromatic heterocycles. The van der Waals surface area contributed by atoms with E-state index in [4.69, 9.17) is 30.8 Å². The van der Waals surface area contributed by atoms with E-state index < -0.39 is 23.6 Å². The summed E-state index contributed by atoms with van der Waals surface area (Å²) in [6.45, 7) is 1.86. The van der Waals surface area contributed by atoms with E-state index in [2.05, 4.69) is 31.0 Å². The molecule has 15 heteroatoms. The summed E-state index contributed by atoms with van der Waals surface area (Å²) in [7, 11) is 0. The Balaban J connectivity index is 1.02. The maximum atomic E-state index is 17.3. The number of piperazine rings is 1. The molecule has 5 atom stereocenters. The largest absolute Gasteiger partial charge is 0.476 e. The van der Waals surface area contributed by atoms with E-state index in [0.717, 1.165) is 57.7 Å². The Bertz CT molecular complexity index is 2440. The van der Waals surface area contributed by atoms with Gasteiger partial charge in [-0.05, 0) is 69.4 Å². The standard InChI is InChI=1S/C41H37F5N8O2/c1-2-25-27(42)11-10-22-6-3-7-26(32(22)25)35-34(43)36-33-29(49-35)9-4-8-28-30-18-23(48-28)19-53(30)37(33)52-39(51-36)56-21-40-14-5-17-54(40)24(12-15-40)20-55-31-13-16-47-38(50-31)41(44,45)46/h1,3,6-7,10-11,13,16,23-24,28,30,48H,4-5,8-9,12,14-15,17-21H2/t23-,24+,28-,30?,40+/m1/s1. The summed E-state index contributed by atoms with van der Waals surface area (Å²) in [5, 5.41) is 5.40. The molecule has 2 bridgehead atoms. The third kappa shape index (κ3) is 5.71. The first kappa shape index (κ1) is 35.2. The molecule has 5 aliphatic rings. The number of alkyl halides is 3. The van der Waals surface area contributed by atoms with Crippen LogP contribution in [0.2, 0.25) is 0 Å². The van der Waals surface area contributed by atoms with Gasteiger partial charge in [0.15, 0.2) is 5.82 Å². The number of nitrogens with one attached hydrogen (secondary N) is 1. The van der Waals surface area contributed by atoms with Crippen molar-refractivity contribution >= 4 is 27.5 Å². The highest BCUT2D eigenvalue weighted by Gasteiger charge is 2.51. The van der Waals surface area contributed by atoms with Gasteiger partial charge in [0.2, 0.25) is 11.7 Å². The van der Waals surface area contributed by atoms with Crippen molar-refractivity contribution in [3.63, 3.8) is 0 Å². The molecule has 0 spiro atoms. The van der Waals surface area contributed by atoms with Gasteiger partial charge in [0.1, 0.15) is 36.1 Å². The van der Waals surface area contributed by atoms with Crippen LogP contribution in [0.5, 0.6) is 11.9 Å². The molecule has 1 N–H and O–H groups in total. The molecule has 0 saturated carbocycles. The Morgan fingerprint density at radius 1 is 0.982 bits per heavy atom. The number of hydrogen-bond donors (Lipinski definition) is 1. The van der Waals surface area contributed by atoms with Crippen LogP contribution < -0.4 is 19.7 Å². The molecule has 8 heterocycles. The Morgan fingerprint density at radius 2 is 1.88 bits per heavy atom. The first-order valence-electron chi connectivity index (χ1n) is 19.1. The molecule has 2 aromatic carbocycles. The van der Waals surface area contributed by atoms with Crippen molar-refractivity contribution < 1.29 is 31.4 Å². The predicted octanol–water partition coefficient (Wildman–Crippen LogP) is 6.62. The number of fused-ring (bicyclic) bond motifs is 4. The Labute approximate surface area is 318 Å². The number of nitrogens with zero attached hydrogens (tertiary/aromatic N) is 7. The quantitative estimate of drug-likeness (QED) is 0.144. The number of pyridine rings is 1. The molecule has 4 fully saturated rings. The lowest BCUT2D eigenvalue weighted by molar-refractivity contribution is -0.145. The summed E-state index contributed by atoms with van der Waals surface area (Å²) in [6.07, 6.45) is 8.69. The van der Waals surface area contributed by atoms with Gasteiger partial charge in [-0.15, -0.1) is 6.42 Å². The summed E-state index contributed by atoms with van der Waals surface area (Å²) < 4.78 is 84.4. The summed E-state index contributed by atoms with van der Waals surface area (Å²) in [6, 6.07) is 10.3. The van der Waals surface area contributed by atoms with Gasteiger partial charge < -0.3 is 19.7 Å². The minimum absolute atomic E-state index is 0.0423. The molecular weight excluding hydrogens is 731 g/mol. The van der Waals surface area contributed by atoms with Crippen molar-refractivity contribution in [3.05, 3.63) is 71.3 Å². The lowest BCUT2D eigenvalue weighted by atomic mass is 9.95. The smallest absolute Gasteiger partial charge is 0.451 e. The van der Waals surface area contributed by atoms with E-state index in [9.17, 15) is 13.2 Å². The van der Waals surface area contributed by atoms with Gasteiger partial charge in [-0.3, -0.25) is 4.90 Å². The van der Waals surface area contributed by atoms with Crippen LogP contribution in [0.1, 0.15) is 62.0 Å². The monoisotopic (exact) mass is 768 g/mol. The number of benzene rings is 2. The summed E-state index contributed by atoms with van der Waals surface area (Å²) in [4.78, 5) is 26.3. The van der Waals surface area contributed by atoms with E-state index in [-0.39, 0.29) is 71.6 Å². The molecule has 10 rings (SSSR count). The van der Waals surface area contributed by atoms with Crippen molar-refractivity contribution in [2.45, 2.75) is 87.2 Å². The topological polar surface area (TPSA) is 101 Å². The highest BCUT2D eigenvalue weighted by Crippen LogP contribution is 2.45. The highest BCUT2D eigenvalue weighted by atomic mass is 19.4. The summed E-state index contributed by atoms with van der Waals surface area (Å²) in [5.41, 5.74) is 0.847. The number of anilines is 1. The molecule has 5 aromatic rings. The summed E-state index contributed by atoms with van der Waals surface area (Å²) in [5.74, 6) is 0.467. The van der Waals surface area contributed by atoms with Crippen LogP contribution in [0.15, 0.2) is 42.6 Å². The normalized spacial score (nSPS) is 25.6. The van der Waals surface area contributed by atoms with E-state index in [1.54, 1.807) is 18.2 Å². The lowest BCUT2D eigenvalue weighted by Crippen LogP contribution is -2.51. The third-order valence-corrected chi connectivity index (χ3v) is 12.5. The van der Waals surface area contributed by atoms with E-state index >= 15 is 8.78 Å². The Kier molecular flexibility index (Phi) is 8.30. The maximum absolute atomic E-state index is 17.3. The highest BCUT2D eigenvalue weighted by molar-refractivity contribution is 6.02. The van der Waals surface area contributed by atoms with Crippen LogP contribution >= 0.6 is 0 Å². The van der Waals surface area contributed by atoms with Crippen LogP contribution in [0, 0.1) is 24.0 Å². The molecule has 1 unspecified atom stereocenters. The van der Waals surface area contributed by atoms with E-state index in [0.29, 0.717) is 46.2 Å². The second-order valence-corrected chi connectivity index (χ2v) is 15.6. The first-order chi connectivity index (χ1) is 27.1. The fraction of sp³-hybridized carbons (Fsp3) is 0.439. The van der Waals surface area contributed by atoms with Crippen molar-refractivity contribution in [3.8, 4) is 35.5 Å². The molecule has 56 heavy (non-hydrogen) atoms. The number of halogens is 5. The average Bonchev–Trinajstić information content (AvgIpc) is 3.98. The Hall–Kier alpha value is -5.20. The average molecular weight is 769 g/mol. The van der Waals surface area contributed by atoms with Crippen LogP contribution in [0.3, 0.4) is 0 Å². The number of aromatic nitrogens is 5. The molecule has 288 valence electrons. The molecule has 0 amide bonds. The zero-order valence-corrected chi connectivity index (χ0v) is 30.3. The fourth-order valence-electron chi connectivity index (χ4n) is 10.0. The molecular formula is C41H37F5N8O2. The van der Waals surface area contributed by atoms with Gasteiger partial charge in [0.25, 0.3) is 0 Å². The van der Waals surface area contributed by atoms with Gasteiger partial charge in [-0.25, -0.2) is 18.7 Å². The van der Waals surface area contributed by atoms with E-state index in [1.165, 1.54) is 12.1 Å². The fourth-order valence-corrected chi connectivity index (χ4v) is 10.0. The van der Waals surface area contributed by atoms with E-state index in [1.807, 2.05) is 6.07 Å². The minimum atomic E-state index is -4.68. The van der Waals surface area contributed by atoms with Gasteiger partial charge in [0, 0.05) is 53.9 Å². The van der Waals surface area contributed by atoms with Crippen molar-refractivity contribution in [1.29, 1.82) is 0 Å². The van der Waals surface area contributed by atoms with Crippen LogP contribution in [0.25, 0.3) is 32.9 Å². The molecule has 5 aliphatic heterocycles. The minimum Gasteiger partial charge on any atom is -0.476 e. The third-order valence-electron chi connectivity index (χ3n) is 12.5. The maximum Gasteiger partial charge on any atom is 0.451 e. The molecule has 0 aliphatic carbocycles. The number of rotatable bonds is 7. The molecule has 0 radical (unpaired) electrons. The van der Waals surface area contributed by atoms with Crippen LogP contribution in [0.4, 0.5) is 27.8 Å². The molecule has 4 saturated heterocycles. The number of ether oxygens (including phenoxy) is 2. The SMILES string of the molecule is C#Cc1c(F)ccc2cccc(-c3nc4c5c(nc(OC[C@@]67CCCN6[C@H](COc6ccnc(C(F)(F)F)n6)CC7)nc5c3F)N3C[C@H]5CC3[C@@H](CCC4)N5)c12. The predicted molar refractivity (Wildman–Crippen MR) is 197 cm³/mol.